The predicted octanol–water partition coefficient (Wildman–Crippen LogP) is 5.09. The average molecular weight is 413 g/mol. The number of rotatable bonds is 11. The van der Waals surface area contributed by atoms with Crippen LogP contribution in [0.2, 0.25) is 0 Å². The first-order valence-electron chi connectivity index (χ1n) is 10.4. The zero-order valence-corrected chi connectivity index (χ0v) is 18.6. The molecular formula is C25H32O5. The third-order valence-electron chi connectivity index (χ3n) is 4.42. The van der Waals surface area contributed by atoms with Crippen LogP contribution in [0.5, 0.6) is 11.5 Å². The number of carbonyl (C=O) groups excluding carboxylic acids is 2. The van der Waals surface area contributed by atoms with Gasteiger partial charge in [-0.1, -0.05) is 27.7 Å². The summed E-state index contributed by atoms with van der Waals surface area (Å²) in [5.74, 6) is 1.87. The van der Waals surface area contributed by atoms with Gasteiger partial charge in [0.1, 0.15) is 11.5 Å². The average Bonchev–Trinajstić information content (AvgIpc) is 2.74. The summed E-state index contributed by atoms with van der Waals surface area (Å²) in [6.07, 6.45) is 0.678. The Hall–Kier alpha value is -2.82. The number of methoxy groups -OCH3 is 1. The van der Waals surface area contributed by atoms with Gasteiger partial charge in [0.25, 0.3) is 0 Å². The zero-order chi connectivity index (χ0) is 22.1. The Morgan fingerprint density at radius 3 is 2.03 bits per heavy atom. The molecule has 0 aliphatic heterocycles. The minimum Gasteiger partial charge on any atom is -0.493 e. The Labute approximate surface area is 179 Å². The monoisotopic (exact) mass is 412 g/mol. The van der Waals surface area contributed by atoms with Crippen molar-refractivity contribution < 1.29 is 23.8 Å². The predicted molar refractivity (Wildman–Crippen MR) is 117 cm³/mol. The molecule has 0 amide bonds. The lowest BCUT2D eigenvalue weighted by molar-refractivity contribution is -0.140. The summed E-state index contributed by atoms with van der Waals surface area (Å²) in [6.45, 7) is 9.51. The fourth-order valence-corrected chi connectivity index (χ4v) is 2.78. The summed E-state index contributed by atoms with van der Waals surface area (Å²) in [5, 5.41) is 0. The molecule has 0 saturated carbocycles. The maximum Gasteiger partial charge on any atom is 0.305 e. The SMILES string of the molecule is COC(=O)CCc1cc(C(=O)c2ccc(OCC(C)C)cc2)ccc1OCC(C)C. The smallest absolute Gasteiger partial charge is 0.305 e. The van der Waals surface area contributed by atoms with Crippen molar-refractivity contribution in [3.63, 3.8) is 0 Å². The van der Waals surface area contributed by atoms with Crippen LogP contribution in [-0.4, -0.2) is 32.1 Å². The largest absolute Gasteiger partial charge is 0.493 e. The second kappa shape index (κ2) is 11.4. The van der Waals surface area contributed by atoms with Crippen LogP contribution in [0.1, 0.15) is 55.6 Å². The molecule has 30 heavy (non-hydrogen) atoms. The van der Waals surface area contributed by atoms with E-state index in [1.165, 1.54) is 7.11 Å². The highest BCUT2D eigenvalue weighted by Gasteiger charge is 2.15. The van der Waals surface area contributed by atoms with Crippen LogP contribution in [0.3, 0.4) is 0 Å². The van der Waals surface area contributed by atoms with E-state index in [0.717, 1.165) is 11.3 Å². The first kappa shape index (κ1) is 23.5. The van der Waals surface area contributed by atoms with Gasteiger partial charge in [0.2, 0.25) is 0 Å². The van der Waals surface area contributed by atoms with Gasteiger partial charge in [-0.2, -0.15) is 0 Å². The summed E-state index contributed by atoms with van der Waals surface area (Å²) < 4.78 is 16.3. The van der Waals surface area contributed by atoms with E-state index in [0.29, 0.717) is 48.3 Å². The third-order valence-corrected chi connectivity index (χ3v) is 4.42. The molecule has 0 saturated heterocycles. The van der Waals surface area contributed by atoms with Crippen LogP contribution in [-0.2, 0) is 16.0 Å². The number of esters is 1. The normalized spacial score (nSPS) is 10.9. The van der Waals surface area contributed by atoms with Gasteiger partial charge in [-0.25, -0.2) is 0 Å². The second-order valence-corrected chi connectivity index (χ2v) is 8.16. The molecule has 0 fully saturated rings. The maximum atomic E-state index is 13.0. The summed E-state index contributed by atoms with van der Waals surface area (Å²) in [4.78, 5) is 24.6. The Morgan fingerprint density at radius 1 is 0.833 bits per heavy atom. The highest BCUT2D eigenvalue weighted by atomic mass is 16.5. The van der Waals surface area contributed by atoms with Gasteiger partial charge in [-0.15, -0.1) is 0 Å². The summed E-state index contributed by atoms with van der Waals surface area (Å²) in [6, 6.07) is 12.6. The van der Waals surface area contributed by atoms with E-state index in [2.05, 4.69) is 27.7 Å². The first-order chi connectivity index (χ1) is 14.3. The Kier molecular flexibility index (Phi) is 8.90. The molecule has 0 bridgehead atoms. The molecule has 2 aromatic carbocycles. The molecule has 0 N–H and O–H groups in total. The van der Waals surface area contributed by atoms with Crippen molar-refractivity contribution in [2.75, 3.05) is 20.3 Å². The van der Waals surface area contributed by atoms with E-state index >= 15 is 0 Å². The fraction of sp³-hybridized carbons (Fsp3) is 0.440. The number of carbonyl (C=O) groups is 2. The van der Waals surface area contributed by atoms with Gasteiger partial charge in [0.15, 0.2) is 5.78 Å². The molecule has 2 rings (SSSR count). The molecule has 0 heterocycles. The highest BCUT2D eigenvalue weighted by molar-refractivity contribution is 6.09. The third kappa shape index (κ3) is 7.21. The van der Waals surface area contributed by atoms with E-state index in [1.807, 2.05) is 24.3 Å². The molecule has 0 radical (unpaired) electrons. The highest BCUT2D eigenvalue weighted by Crippen LogP contribution is 2.25. The van der Waals surface area contributed by atoms with Crippen molar-refractivity contribution >= 4 is 11.8 Å². The molecule has 0 atom stereocenters. The molecule has 0 unspecified atom stereocenters. The van der Waals surface area contributed by atoms with Crippen molar-refractivity contribution in [1.82, 2.24) is 0 Å². The fourth-order valence-electron chi connectivity index (χ4n) is 2.78. The van der Waals surface area contributed by atoms with Crippen molar-refractivity contribution in [2.24, 2.45) is 11.8 Å². The number of ether oxygens (including phenoxy) is 3. The van der Waals surface area contributed by atoms with Crippen molar-refractivity contribution in [3.8, 4) is 11.5 Å². The molecule has 162 valence electrons. The Balaban J connectivity index is 2.20. The summed E-state index contributed by atoms with van der Waals surface area (Å²) >= 11 is 0. The molecule has 0 spiro atoms. The van der Waals surface area contributed by atoms with E-state index < -0.39 is 0 Å². The minimum absolute atomic E-state index is 0.0832. The number of ketones is 1. The van der Waals surface area contributed by atoms with Gasteiger partial charge in [-0.05, 0) is 66.3 Å². The van der Waals surface area contributed by atoms with Crippen molar-refractivity contribution in [2.45, 2.75) is 40.5 Å². The Bertz CT molecular complexity index is 837. The van der Waals surface area contributed by atoms with E-state index in [1.54, 1.807) is 18.2 Å². The minimum atomic E-state index is -0.293. The second-order valence-electron chi connectivity index (χ2n) is 8.16. The van der Waals surface area contributed by atoms with E-state index in [-0.39, 0.29) is 18.2 Å². The van der Waals surface area contributed by atoms with Gasteiger partial charge >= 0.3 is 5.97 Å². The summed E-state index contributed by atoms with van der Waals surface area (Å²) in [7, 11) is 1.37. The first-order valence-corrected chi connectivity index (χ1v) is 10.4. The number of aryl methyl sites for hydroxylation is 1. The standard InChI is InChI=1S/C25H32O5/c1-17(2)15-29-22-10-6-19(7-11-22)25(27)21-8-12-23(30-16-18(3)4)20(14-21)9-13-24(26)28-5/h6-8,10-12,14,17-18H,9,13,15-16H2,1-5H3. The quantitative estimate of drug-likeness (QED) is 0.380. The molecule has 0 aliphatic rings. The lowest BCUT2D eigenvalue weighted by atomic mass is 9.98. The molecule has 2 aromatic rings. The molecule has 5 heteroatoms. The number of benzene rings is 2. The lowest BCUT2D eigenvalue weighted by Gasteiger charge is -2.14. The maximum absolute atomic E-state index is 13.0. The number of hydrogen-bond acceptors (Lipinski definition) is 5. The topological polar surface area (TPSA) is 61.8 Å². The van der Waals surface area contributed by atoms with Gasteiger partial charge in [0.05, 0.1) is 20.3 Å². The van der Waals surface area contributed by atoms with Crippen LogP contribution in [0.15, 0.2) is 42.5 Å². The molecular weight excluding hydrogens is 380 g/mol. The van der Waals surface area contributed by atoms with Crippen LogP contribution < -0.4 is 9.47 Å². The summed E-state index contributed by atoms with van der Waals surface area (Å²) in [5.41, 5.74) is 1.97. The Morgan fingerprint density at radius 2 is 1.43 bits per heavy atom. The molecule has 0 aliphatic carbocycles. The lowest BCUT2D eigenvalue weighted by Crippen LogP contribution is -2.09. The van der Waals surface area contributed by atoms with Crippen LogP contribution in [0.25, 0.3) is 0 Å². The van der Waals surface area contributed by atoms with Gasteiger partial charge < -0.3 is 14.2 Å². The molecule has 0 aromatic heterocycles. The van der Waals surface area contributed by atoms with Crippen molar-refractivity contribution in [1.29, 1.82) is 0 Å². The van der Waals surface area contributed by atoms with E-state index in [4.69, 9.17) is 14.2 Å². The van der Waals surface area contributed by atoms with Gasteiger partial charge in [0, 0.05) is 17.5 Å². The van der Waals surface area contributed by atoms with Crippen LogP contribution in [0, 0.1) is 11.8 Å². The zero-order valence-electron chi connectivity index (χ0n) is 18.6. The van der Waals surface area contributed by atoms with Gasteiger partial charge in [-0.3, -0.25) is 9.59 Å². The van der Waals surface area contributed by atoms with Crippen LogP contribution in [0.4, 0.5) is 0 Å². The van der Waals surface area contributed by atoms with E-state index in [9.17, 15) is 9.59 Å². The molecule has 5 nitrogen and oxygen atoms in total. The van der Waals surface area contributed by atoms with Crippen molar-refractivity contribution in [3.05, 3.63) is 59.2 Å². The number of hydrogen-bond donors (Lipinski definition) is 0. The van der Waals surface area contributed by atoms with Crippen LogP contribution >= 0.6 is 0 Å².